The summed E-state index contributed by atoms with van der Waals surface area (Å²) in [5, 5.41) is 0. The van der Waals surface area contributed by atoms with Crippen molar-refractivity contribution in [2.75, 3.05) is 0 Å². The molecule has 0 aromatic heterocycles. The Kier molecular flexibility index (Phi) is 3.38. The van der Waals surface area contributed by atoms with Crippen LogP contribution >= 0.6 is 15.9 Å². The predicted octanol–water partition coefficient (Wildman–Crippen LogP) is 4.46. The average molecular weight is 293 g/mol. The number of halogens is 2. The van der Waals surface area contributed by atoms with Gasteiger partial charge in [0.15, 0.2) is 5.78 Å². The number of benzene rings is 2. The standard InChI is InChI=1S/C14H10BrFO/c1-9(17)10-3-2-4-11(7-10)13-8-12(15)5-6-14(13)16/h2-8H,1H3. The van der Waals surface area contributed by atoms with Gasteiger partial charge in [0.05, 0.1) is 0 Å². The molecule has 0 heterocycles. The molecule has 3 heteroatoms. The van der Waals surface area contributed by atoms with Gasteiger partial charge in [-0.1, -0.05) is 34.1 Å². The van der Waals surface area contributed by atoms with Gasteiger partial charge in [-0.3, -0.25) is 4.79 Å². The van der Waals surface area contributed by atoms with Gasteiger partial charge in [-0.2, -0.15) is 0 Å². The molecular weight excluding hydrogens is 283 g/mol. The molecule has 0 aliphatic carbocycles. The Balaban J connectivity index is 2.56. The minimum absolute atomic E-state index is 0.0257. The molecule has 0 N–H and O–H groups in total. The first kappa shape index (κ1) is 12.0. The second-order valence-corrected chi connectivity index (χ2v) is 4.68. The van der Waals surface area contributed by atoms with E-state index in [0.717, 1.165) is 4.47 Å². The summed E-state index contributed by atoms with van der Waals surface area (Å²) >= 11 is 3.31. The first-order valence-corrected chi connectivity index (χ1v) is 5.93. The van der Waals surface area contributed by atoms with Crippen LogP contribution in [0.5, 0.6) is 0 Å². The third kappa shape index (κ3) is 2.61. The minimum Gasteiger partial charge on any atom is -0.295 e. The molecule has 0 saturated heterocycles. The Morgan fingerprint density at radius 1 is 1.18 bits per heavy atom. The molecule has 0 saturated carbocycles. The molecule has 0 unspecified atom stereocenters. The van der Waals surface area contributed by atoms with E-state index in [0.29, 0.717) is 16.7 Å². The summed E-state index contributed by atoms with van der Waals surface area (Å²) < 4.78 is 14.5. The first-order valence-electron chi connectivity index (χ1n) is 5.14. The van der Waals surface area contributed by atoms with Crippen LogP contribution in [-0.4, -0.2) is 5.78 Å². The molecule has 0 aliphatic heterocycles. The molecule has 0 radical (unpaired) electrons. The molecule has 0 fully saturated rings. The normalized spacial score (nSPS) is 10.3. The Morgan fingerprint density at radius 3 is 2.65 bits per heavy atom. The third-order valence-corrected chi connectivity index (χ3v) is 3.00. The van der Waals surface area contributed by atoms with Crippen LogP contribution in [0.15, 0.2) is 46.9 Å². The van der Waals surface area contributed by atoms with Crippen molar-refractivity contribution in [3.8, 4) is 11.1 Å². The fraction of sp³-hybridized carbons (Fsp3) is 0.0714. The van der Waals surface area contributed by atoms with Gasteiger partial charge in [0.2, 0.25) is 0 Å². The zero-order valence-corrected chi connectivity index (χ0v) is 10.8. The van der Waals surface area contributed by atoms with E-state index < -0.39 is 0 Å². The highest BCUT2D eigenvalue weighted by Crippen LogP contribution is 2.26. The van der Waals surface area contributed by atoms with Crippen molar-refractivity contribution in [1.82, 2.24) is 0 Å². The average Bonchev–Trinajstić information content (AvgIpc) is 2.32. The van der Waals surface area contributed by atoms with Crippen molar-refractivity contribution >= 4 is 21.7 Å². The van der Waals surface area contributed by atoms with Crippen molar-refractivity contribution in [3.63, 3.8) is 0 Å². The first-order chi connectivity index (χ1) is 8.08. The molecule has 0 atom stereocenters. The second kappa shape index (κ2) is 4.80. The Bertz CT molecular complexity index is 578. The molecule has 2 rings (SSSR count). The van der Waals surface area contributed by atoms with Gasteiger partial charge in [0.25, 0.3) is 0 Å². The van der Waals surface area contributed by atoms with Crippen LogP contribution in [0.1, 0.15) is 17.3 Å². The minimum atomic E-state index is -0.297. The largest absolute Gasteiger partial charge is 0.295 e. The highest BCUT2D eigenvalue weighted by atomic mass is 79.9. The van der Waals surface area contributed by atoms with Gasteiger partial charge < -0.3 is 0 Å². The van der Waals surface area contributed by atoms with Gasteiger partial charge in [-0.05, 0) is 36.8 Å². The molecule has 86 valence electrons. The van der Waals surface area contributed by atoms with E-state index in [4.69, 9.17) is 0 Å². The SMILES string of the molecule is CC(=O)c1cccc(-c2cc(Br)ccc2F)c1. The molecule has 0 spiro atoms. The fourth-order valence-electron chi connectivity index (χ4n) is 1.62. The summed E-state index contributed by atoms with van der Waals surface area (Å²) in [6.45, 7) is 1.50. The Labute approximate surface area is 107 Å². The van der Waals surface area contributed by atoms with Crippen LogP contribution in [0.4, 0.5) is 4.39 Å². The number of carbonyl (C=O) groups is 1. The molecule has 1 nitrogen and oxygen atoms in total. The Hall–Kier alpha value is -1.48. The summed E-state index contributed by atoms with van der Waals surface area (Å²) in [4.78, 5) is 11.3. The van der Waals surface area contributed by atoms with E-state index in [-0.39, 0.29) is 11.6 Å². The lowest BCUT2D eigenvalue weighted by Gasteiger charge is -2.05. The maximum atomic E-state index is 13.7. The number of rotatable bonds is 2. The lowest BCUT2D eigenvalue weighted by atomic mass is 10.0. The highest BCUT2D eigenvalue weighted by Gasteiger charge is 2.07. The van der Waals surface area contributed by atoms with Crippen molar-refractivity contribution in [2.24, 2.45) is 0 Å². The van der Waals surface area contributed by atoms with Crippen molar-refractivity contribution in [2.45, 2.75) is 6.92 Å². The summed E-state index contributed by atoms with van der Waals surface area (Å²) in [5.74, 6) is -0.323. The number of hydrogen-bond acceptors (Lipinski definition) is 1. The monoisotopic (exact) mass is 292 g/mol. The van der Waals surface area contributed by atoms with Gasteiger partial charge in [0.1, 0.15) is 5.82 Å². The topological polar surface area (TPSA) is 17.1 Å². The Morgan fingerprint density at radius 2 is 1.94 bits per heavy atom. The zero-order valence-electron chi connectivity index (χ0n) is 9.21. The van der Waals surface area contributed by atoms with Gasteiger partial charge >= 0.3 is 0 Å². The lowest BCUT2D eigenvalue weighted by Crippen LogP contribution is -1.92. The highest BCUT2D eigenvalue weighted by molar-refractivity contribution is 9.10. The summed E-state index contributed by atoms with van der Waals surface area (Å²) in [5.41, 5.74) is 1.78. The maximum absolute atomic E-state index is 13.7. The summed E-state index contributed by atoms with van der Waals surface area (Å²) in [6.07, 6.45) is 0. The fourth-order valence-corrected chi connectivity index (χ4v) is 1.99. The molecule has 2 aromatic rings. The van der Waals surface area contributed by atoms with Gasteiger partial charge in [-0.15, -0.1) is 0 Å². The van der Waals surface area contributed by atoms with Gasteiger partial charge in [-0.25, -0.2) is 4.39 Å². The van der Waals surface area contributed by atoms with E-state index in [1.165, 1.54) is 13.0 Å². The van der Waals surface area contributed by atoms with E-state index in [1.807, 2.05) is 0 Å². The van der Waals surface area contributed by atoms with Gasteiger partial charge in [0, 0.05) is 15.6 Å². The summed E-state index contributed by atoms with van der Waals surface area (Å²) in [6, 6.07) is 11.7. The van der Waals surface area contributed by atoms with Crippen molar-refractivity contribution in [1.29, 1.82) is 0 Å². The quantitative estimate of drug-likeness (QED) is 0.747. The van der Waals surface area contributed by atoms with Crippen LogP contribution < -0.4 is 0 Å². The van der Waals surface area contributed by atoms with Crippen molar-refractivity contribution < 1.29 is 9.18 Å². The molecule has 0 bridgehead atoms. The van der Waals surface area contributed by atoms with E-state index in [2.05, 4.69) is 15.9 Å². The smallest absolute Gasteiger partial charge is 0.159 e. The number of hydrogen-bond donors (Lipinski definition) is 0. The molecule has 17 heavy (non-hydrogen) atoms. The maximum Gasteiger partial charge on any atom is 0.159 e. The molecular formula is C14H10BrFO. The van der Waals surface area contributed by atoms with E-state index in [1.54, 1.807) is 36.4 Å². The van der Waals surface area contributed by atoms with Crippen LogP contribution in [0.25, 0.3) is 11.1 Å². The van der Waals surface area contributed by atoms with Crippen LogP contribution in [0.2, 0.25) is 0 Å². The van der Waals surface area contributed by atoms with E-state index in [9.17, 15) is 9.18 Å². The number of ketones is 1. The van der Waals surface area contributed by atoms with Crippen LogP contribution in [0.3, 0.4) is 0 Å². The van der Waals surface area contributed by atoms with Crippen LogP contribution in [-0.2, 0) is 0 Å². The number of carbonyl (C=O) groups excluding carboxylic acids is 1. The second-order valence-electron chi connectivity index (χ2n) is 3.76. The predicted molar refractivity (Wildman–Crippen MR) is 69.5 cm³/mol. The van der Waals surface area contributed by atoms with Crippen LogP contribution in [0, 0.1) is 5.82 Å². The number of Topliss-reactive ketones (excluding diaryl/α,β-unsaturated/α-hetero) is 1. The molecule has 0 amide bonds. The zero-order chi connectivity index (χ0) is 12.4. The lowest BCUT2D eigenvalue weighted by molar-refractivity contribution is 0.101. The summed E-state index contributed by atoms with van der Waals surface area (Å²) in [7, 11) is 0. The van der Waals surface area contributed by atoms with E-state index >= 15 is 0 Å². The molecule has 0 aliphatic rings. The molecule has 2 aromatic carbocycles. The van der Waals surface area contributed by atoms with Crippen molar-refractivity contribution in [3.05, 3.63) is 58.3 Å². The third-order valence-electron chi connectivity index (χ3n) is 2.51.